The number of aromatic nitrogens is 2. The minimum absolute atomic E-state index is 0.00985. The molecule has 0 radical (unpaired) electrons. The molecule has 28 heavy (non-hydrogen) atoms. The Balaban J connectivity index is 1.27. The molecule has 2 saturated heterocycles. The Labute approximate surface area is 162 Å². The molecule has 1 aromatic carbocycles. The van der Waals surface area contributed by atoms with Crippen molar-refractivity contribution in [2.75, 3.05) is 19.7 Å². The van der Waals surface area contributed by atoms with Gasteiger partial charge in [0.2, 0.25) is 5.88 Å². The van der Waals surface area contributed by atoms with Gasteiger partial charge >= 0.3 is 0 Å². The lowest BCUT2D eigenvalue weighted by molar-refractivity contribution is -0.174. The van der Waals surface area contributed by atoms with Crippen LogP contribution in [0.25, 0.3) is 11.0 Å². The number of amides is 1. The van der Waals surface area contributed by atoms with Crippen LogP contribution in [0.5, 0.6) is 5.88 Å². The summed E-state index contributed by atoms with van der Waals surface area (Å²) in [6.45, 7) is 3.62. The van der Waals surface area contributed by atoms with E-state index in [0.29, 0.717) is 31.3 Å². The Morgan fingerprint density at radius 1 is 1.29 bits per heavy atom. The van der Waals surface area contributed by atoms with E-state index < -0.39 is 0 Å². The van der Waals surface area contributed by atoms with E-state index in [2.05, 4.69) is 9.97 Å². The topological polar surface area (TPSA) is 77.7 Å². The maximum Gasteiger partial charge on any atom is 0.290 e. The summed E-state index contributed by atoms with van der Waals surface area (Å²) in [5.74, 6) is 0.855. The second-order valence-corrected chi connectivity index (χ2v) is 7.52. The summed E-state index contributed by atoms with van der Waals surface area (Å²) in [6.07, 6.45) is 6.39. The number of carbonyl (C=O) groups excluding carboxylic acids is 1. The molecule has 7 nitrogen and oxygen atoms in total. The molecule has 5 rings (SSSR count). The molecule has 1 amide bonds. The van der Waals surface area contributed by atoms with Crippen molar-refractivity contribution in [3.8, 4) is 5.88 Å². The maximum atomic E-state index is 12.9. The highest BCUT2D eigenvalue weighted by atomic mass is 16.5. The predicted octanol–water partition coefficient (Wildman–Crippen LogP) is 2.98. The molecule has 2 fully saturated rings. The van der Waals surface area contributed by atoms with Gasteiger partial charge in [-0.25, -0.2) is 4.98 Å². The Bertz CT molecular complexity index is 1010. The average Bonchev–Trinajstić information content (AvgIpc) is 3.03. The van der Waals surface area contributed by atoms with E-state index in [1.165, 1.54) is 0 Å². The van der Waals surface area contributed by atoms with Crippen molar-refractivity contribution in [3.63, 3.8) is 0 Å². The average molecular weight is 379 g/mol. The van der Waals surface area contributed by atoms with Crippen LogP contribution >= 0.6 is 0 Å². The zero-order valence-electron chi connectivity index (χ0n) is 15.6. The van der Waals surface area contributed by atoms with E-state index in [0.717, 1.165) is 29.4 Å². The molecule has 0 aliphatic carbocycles. The van der Waals surface area contributed by atoms with E-state index in [9.17, 15) is 4.79 Å². The molecule has 0 unspecified atom stereocenters. The Morgan fingerprint density at radius 2 is 2.14 bits per heavy atom. The number of likely N-dealkylation sites (tertiary alicyclic amines) is 1. The van der Waals surface area contributed by atoms with Crippen molar-refractivity contribution in [2.24, 2.45) is 0 Å². The molecule has 0 saturated carbocycles. The largest absolute Gasteiger partial charge is 0.473 e. The quantitative estimate of drug-likeness (QED) is 0.696. The van der Waals surface area contributed by atoms with Crippen LogP contribution in [0.4, 0.5) is 0 Å². The number of hydrogen-bond donors (Lipinski definition) is 0. The van der Waals surface area contributed by atoms with Crippen LogP contribution in [0.3, 0.4) is 0 Å². The van der Waals surface area contributed by atoms with Crippen molar-refractivity contribution >= 4 is 16.9 Å². The molecule has 0 N–H and O–H groups in total. The van der Waals surface area contributed by atoms with E-state index in [-0.39, 0.29) is 17.6 Å². The summed E-state index contributed by atoms with van der Waals surface area (Å²) in [6, 6.07) is 7.71. The highest BCUT2D eigenvalue weighted by molar-refractivity contribution is 5.99. The first kappa shape index (κ1) is 17.2. The van der Waals surface area contributed by atoms with Gasteiger partial charge in [-0.1, -0.05) is 18.2 Å². The van der Waals surface area contributed by atoms with Gasteiger partial charge in [0, 0.05) is 36.2 Å². The summed E-state index contributed by atoms with van der Waals surface area (Å²) in [5.41, 5.74) is 1.28. The summed E-state index contributed by atoms with van der Waals surface area (Å²) in [4.78, 5) is 22.9. The molecule has 1 atom stereocenters. The molecule has 2 aromatic heterocycles. The molecule has 0 bridgehead atoms. The number of ether oxygens (including phenoxy) is 2. The monoisotopic (exact) mass is 379 g/mol. The molecular weight excluding hydrogens is 358 g/mol. The van der Waals surface area contributed by atoms with Crippen molar-refractivity contribution in [3.05, 3.63) is 54.2 Å². The fourth-order valence-electron chi connectivity index (χ4n) is 4.14. The van der Waals surface area contributed by atoms with Gasteiger partial charge in [-0.05, 0) is 13.0 Å². The first-order valence-corrected chi connectivity index (χ1v) is 9.48. The number of rotatable bonds is 3. The van der Waals surface area contributed by atoms with Crippen LogP contribution < -0.4 is 4.74 Å². The fourth-order valence-corrected chi connectivity index (χ4v) is 4.14. The second kappa shape index (κ2) is 6.60. The minimum atomic E-state index is -0.347. The van der Waals surface area contributed by atoms with E-state index in [1.54, 1.807) is 23.5 Å². The lowest BCUT2D eigenvalue weighted by Gasteiger charge is -2.52. The van der Waals surface area contributed by atoms with E-state index in [1.807, 2.05) is 31.2 Å². The SMILES string of the molecule is Cc1c(C(=O)N2CC3(C[C@H](Oc4cnccn4)CCO3)C2)oc2ccccc12. The van der Waals surface area contributed by atoms with Crippen molar-refractivity contribution < 1.29 is 18.7 Å². The molecule has 4 heterocycles. The lowest BCUT2D eigenvalue weighted by atomic mass is 9.84. The zero-order chi connectivity index (χ0) is 19.1. The fraction of sp³-hybridized carbons (Fsp3) is 0.381. The summed E-state index contributed by atoms with van der Waals surface area (Å²) in [7, 11) is 0. The standard InChI is InChI=1S/C21H21N3O4/c1-14-16-4-2-3-5-17(16)28-19(14)20(25)24-12-21(13-24)10-15(6-9-26-21)27-18-11-22-7-8-23-18/h2-5,7-8,11,15H,6,9-10,12-13H2,1H3/t15-/m1/s1. The third-order valence-electron chi connectivity index (χ3n) is 5.56. The van der Waals surface area contributed by atoms with Crippen LogP contribution in [0.2, 0.25) is 0 Å². The van der Waals surface area contributed by atoms with Crippen LogP contribution in [0, 0.1) is 6.92 Å². The molecule has 7 heteroatoms. The van der Waals surface area contributed by atoms with E-state index in [4.69, 9.17) is 13.9 Å². The first-order valence-electron chi connectivity index (χ1n) is 9.48. The number of furan rings is 1. The molecular formula is C21H21N3O4. The number of hydrogen-bond acceptors (Lipinski definition) is 6. The molecule has 2 aliphatic heterocycles. The first-order chi connectivity index (χ1) is 13.6. The van der Waals surface area contributed by atoms with Gasteiger partial charge in [0.25, 0.3) is 5.91 Å². The van der Waals surface area contributed by atoms with E-state index >= 15 is 0 Å². The van der Waals surface area contributed by atoms with Crippen molar-refractivity contribution in [2.45, 2.75) is 31.5 Å². The maximum absolute atomic E-state index is 12.9. The second-order valence-electron chi connectivity index (χ2n) is 7.52. The predicted molar refractivity (Wildman–Crippen MR) is 101 cm³/mol. The van der Waals surface area contributed by atoms with Crippen LogP contribution in [0.15, 0.2) is 47.3 Å². The summed E-state index contributed by atoms with van der Waals surface area (Å²) < 4.78 is 17.8. The van der Waals surface area contributed by atoms with Crippen LogP contribution in [-0.4, -0.2) is 52.2 Å². The van der Waals surface area contributed by atoms with Crippen molar-refractivity contribution in [1.29, 1.82) is 0 Å². The number of aryl methyl sites for hydroxylation is 1. The highest BCUT2D eigenvalue weighted by Gasteiger charge is 2.50. The number of carbonyl (C=O) groups is 1. The Hall–Kier alpha value is -2.93. The molecule has 1 spiro atoms. The highest BCUT2D eigenvalue weighted by Crippen LogP contribution is 2.37. The van der Waals surface area contributed by atoms with Crippen molar-refractivity contribution in [1.82, 2.24) is 14.9 Å². The number of fused-ring (bicyclic) bond motifs is 1. The van der Waals surface area contributed by atoms with Gasteiger partial charge in [-0.3, -0.25) is 9.78 Å². The van der Waals surface area contributed by atoms with Gasteiger partial charge in [-0.15, -0.1) is 0 Å². The smallest absolute Gasteiger partial charge is 0.290 e. The summed E-state index contributed by atoms with van der Waals surface area (Å²) in [5, 5.41) is 0.979. The third-order valence-corrected chi connectivity index (χ3v) is 5.56. The minimum Gasteiger partial charge on any atom is -0.473 e. The number of para-hydroxylation sites is 1. The van der Waals surface area contributed by atoms with Gasteiger partial charge in [0.1, 0.15) is 17.3 Å². The van der Waals surface area contributed by atoms with Gasteiger partial charge < -0.3 is 18.8 Å². The summed E-state index contributed by atoms with van der Waals surface area (Å²) >= 11 is 0. The van der Waals surface area contributed by atoms with Gasteiger partial charge in [-0.2, -0.15) is 0 Å². The van der Waals surface area contributed by atoms with Gasteiger partial charge in [0.15, 0.2) is 5.76 Å². The lowest BCUT2D eigenvalue weighted by Crippen LogP contribution is -2.67. The van der Waals surface area contributed by atoms with Gasteiger partial charge in [0.05, 0.1) is 25.9 Å². The van der Waals surface area contributed by atoms with Crippen LogP contribution in [0.1, 0.15) is 29.0 Å². The molecule has 2 aliphatic rings. The zero-order valence-corrected chi connectivity index (χ0v) is 15.6. The Kier molecular flexibility index (Phi) is 4.05. The normalized spacial score (nSPS) is 20.9. The van der Waals surface area contributed by atoms with Crippen LogP contribution in [-0.2, 0) is 4.74 Å². The number of benzene rings is 1. The number of nitrogens with zero attached hydrogens (tertiary/aromatic N) is 3. The Morgan fingerprint density at radius 3 is 2.93 bits per heavy atom. The third kappa shape index (κ3) is 2.92. The molecule has 3 aromatic rings. The molecule has 144 valence electrons.